The van der Waals surface area contributed by atoms with Crippen LogP contribution in [-0.4, -0.2) is 163 Å². The normalized spacial score (nSPS) is 10.5. The monoisotopic (exact) mass is 2830 g/mol. The van der Waals surface area contributed by atoms with Gasteiger partial charge < -0.3 is 48.9 Å². The van der Waals surface area contributed by atoms with Crippen molar-refractivity contribution < 1.29 is 72.8 Å². The van der Waals surface area contributed by atoms with E-state index >= 15 is 0 Å². The first-order chi connectivity index (χ1) is 68.0. The van der Waals surface area contributed by atoms with Crippen LogP contribution in [0.1, 0.15) is 217 Å². The van der Waals surface area contributed by atoms with Gasteiger partial charge in [0.05, 0.1) is 11.1 Å². The van der Waals surface area contributed by atoms with E-state index in [-0.39, 0.29) is 47.4 Å². The number of halogens is 7. The van der Waals surface area contributed by atoms with E-state index in [1.165, 1.54) is 167 Å². The number of carbonyl (C=O) groups excluding carboxylic acids is 2. The molecule has 0 saturated carbocycles. The second kappa shape index (κ2) is 79.1. The SMILES string of the molecule is CCC[CH2][Sn]([CH2]CCC)([CH2]CCC)[c]1ccc2cc(-c3ccc(N(C)C)cc3)oc2c1.CCC[CH2][Sn]([CH2]CCC)[CH2]CCC.CCC[CH2][Sn]([CH2]CCC)[CH2]CCC.CCO.CN(C)c1ccc(-c2cc3ccc(Br)cc3o2)cc1.CN(C)c1ccc(-c2cc3ccc(I)cc3o2)cc1.CN(C)c1ccc(CCl)cc1.CN(C)c1ccc(COc2cc(Br)ccc2C=O)cc1.II.O=Cc1ccc(Br)cc1O.[Na+].[OH-]. The fourth-order valence-electron chi connectivity index (χ4n) is 15.5. The summed E-state index contributed by atoms with van der Waals surface area (Å²) < 4.78 is 44.1. The van der Waals surface area contributed by atoms with Gasteiger partial charge in [-0.3, -0.25) is 9.59 Å². The molecule has 776 valence electrons. The van der Waals surface area contributed by atoms with Crippen molar-refractivity contribution in [3.8, 4) is 45.5 Å². The Bertz CT molecular complexity index is 5330. The zero-order valence-corrected chi connectivity index (χ0v) is 112. The van der Waals surface area contributed by atoms with Crippen molar-refractivity contribution in [2.45, 2.75) is 237 Å². The summed E-state index contributed by atoms with van der Waals surface area (Å²) in [6.45, 7) is 23.4. The minimum atomic E-state index is -2.43. The van der Waals surface area contributed by atoms with Crippen molar-refractivity contribution in [2.24, 2.45) is 0 Å². The standard InChI is InChI=1S/C16H16BrNO2.C16H14BrNO.C16H14INO.C16H14NO.C9H12ClN.C7H5BrO2.9C4H9.C2H6O.I2.Na.H2O.3Sn/c1-18(2)15-7-3-12(4-8-15)11-20-16-9-14(17)6-5-13(16)10-19;2*1-18(2)14-7-4-11(5-8-14)15-9-12-3-6-13(17)10-16(12)19-15;1-17(2)14-9-7-12(8-10-14)16-11-13-5-3-4-6-15(13)18-16;1-11(2)9-5-3-8(7-10)4-6-9;8-6-2-1-5(4-9)7(10)3-6;9*1-3-4-2;1-2-3;1-2;;;;;/h3-10H,11H2,1-2H3;2*3-10H,1-2H3;3,5-11H,1-2H3;3-6H,7H2,1-2H3;1-4,10H;9*1,3-4H2,2H3;3H,2H2,1H3;;;1H2;;;/q;;;;;;;;;;;;;;;;;+1;;;;/p-1. The Hall–Kier alpha value is -4.00. The number of rotatable bonds is 42. The van der Waals surface area contributed by atoms with E-state index in [2.05, 4.69) is 349 Å². The van der Waals surface area contributed by atoms with Crippen LogP contribution in [0.15, 0.2) is 257 Å². The molecular weight excluding hydrogens is 2670 g/mol. The van der Waals surface area contributed by atoms with E-state index in [9.17, 15) is 9.59 Å². The van der Waals surface area contributed by atoms with E-state index in [0.717, 1.165) is 98.0 Å². The van der Waals surface area contributed by atoms with Gasteiger partial charge >= 0.3 is 409 Å². The van der Waals surface area contributed by atoms with Crippen LogP contribution in [0.4, 0.5) is 28.4 Å². The molecule has 0 aliphatic heterocycles. The molecule has 0 spiro atoms. The number of benzene rings is 10. The van der Waals surface area contributed by atoms with Crippen molar-refractivity contribution >= 4 is 255 Å². The first kappa shape index (κ1) is 135. The maximum atomic E-state index is 11.0. The minimum Gasteiger partial charge on any atom is -0.870 e. The number of nitrogens with zero attached hydrogens (tertiary/aromatic N) is 5. The number of phenolic OH excluding ortho intramolecular Hbond substituents is 1. The number of hydrogen-bond donors (Lipinski definition) is 2. The number of aliphatic hydroxyl groups excluding tert-OH is 1. The van der Waals surface area contributed by atoms with Crippen molar-refractivity contribution in [1.82, 2.24) is 0 Å². The van der Waals surface area contributed by atoms with Gasteiger partial charge in [0.1, 0.15) is 40.8 Å². The van der Waals surface area contributed by atoms with E-state index in [0.29, 0.717) is 35.6 Å². The van der Waals surface area contributed by atoms with Crippen molar-refractivity contribution in [2.75, 3.05) is 102 Å². The molecule has 0 unspecified atom stereocenters. The third-order valence-corrected chi connectivity index (χ3v) is 60.3. The summed E-state index contributed by atoms with van der Waals surface area (Å²) >= 11 is 18.1. The van der Waals surface area contributed by atoms with Crippen molar-refractivity contribution in [3.63, 3.8) is 0 Å². The summed E-state index contributed by atoms with van der Waals surface area (Å²) in [6, 6.07) is 77.8. The molecule has 14 nitrogen and oxygen atoms in total. The van der Waals surface area contributed by atoms with Crippen molar-refractivity contribution in [3.05, 3.63) is 270 Å². The van der Waals surface area contributed by atoms with Crippen LogP contribution < -0.4 is 62.4 Å². The topological polar surface area (TPSA) is 169 Å². The first-order valence-electron chi connectivity index (χ1n) is 50.6. The number of carbonyl (C=O) groups is 2. The number of fused-ring (bicyclic) bond motifs is 3. The van der Waals surface area contributed by atoms with Gasteiger partial charge in [0.15, 0.2) is 12.6 Å². The maximum Gasteiger partial charge on any atom is 1.00 e. The Morgan fingerprint density at radius 3 is 0.979 bits per heavy atom. The third kappa shape index (κ3) is 51.3. The first-order valence-corrected chi connectivity index (χ1v) is 80.4. The largest absolute Gasteiger partial charge is 1.00 e. The number of hydrogen-bond acceptors (Lipinski definition) is 14. The number of anilines is 5. The number of ether oxygens (including phenoxy) is 1. The number of aromatic hydroxyl groups is 1. The summed E-state index contributed by atoms with van der Waals surface area (Å²) in [5, 5.41) is 20.1. The molecule has 3 aromatic heterocycles. The van der Waals surface area contributed by atoms with Gasteiger partial charge in [0.2, 0.25) is 0 Å². The second-order valence-electron chi connectivity index (χ2n) is 36.5. The van der Waals surface area contributed by atoms with E-state index in [1.54, 1.807) is 61.4 Å². The van der Waals surface area contributed by atoms with Gasteiger partial charge in [0, 0.05) is 168 Å². The molecule has 3 N–H and O–H groups in total. The van der Waals surface area contributed by atoms with Gasteiger partial charge in [-0.05, 0) is 192 Å². The van der Waals surface area contributed by atoms with Crippen LogP contribution in [-0.2, 0) is 12.5 Å². The minimum absolute atomic E-state index is 0. The maximum absolute atomic E-state index is 11.0. The fourth-order valence-corrected chi connectivity index (χ4v) is 52.0. The molecule has 13 rings (SSSR count). The fraction of sp³-hybridized carbons (Fsp3) is 0.424. The molecule has 0 atom stereocenters. The molecule has 0 amide bonds. The summed E-state index contributed by atoms with van der Waals surface area (Å²) in [5.41, 5.74) is 15.3. The van der Waals surface area contributed by atoms with E-state index in [4.69, 9.17) is 39.8 Å². The third-order valence-electron chi connectivity index (χ3n) is 24.1. The van der Waals surface area contributed by atoms with Crippen LogP contribution >= 0.6 is 119 Å². The van der Waals surface area contributed by atoms with Gasteiger partial charge in [0.25, 0.3) is 0 Å². The number of unbranched alkanes of at least 4 members (excludes halogenated alkanes) is 9. The van der Waals surface area contributed by atoms with Crippen LogP contribution in [0.2, 0.25) is 39.9 Å². The van der Waals surface area contributed by atoms with Crippen molar-refractivity contribution in [1.29, 1.82) is 0 Å². The Morgan fingerprint density at radius 2 is 0.657 bits per heavy atom. The molecule has 25 heteroatoms. The molecule has 3 heterocycles. The summed E-state index contributed by atoms with van der Waals surface area (Å²) in [6.07, 6.45) is 27.2. The number of furan rings is 3. The predicted molar refractivity (Wildman–Crippen MR) is 662 cm³/mol. The molecule has 0 aliphatic carbocycles. The number of aliphatic hydroxyl groups is 1. The van der Waals surface area contributed by atoms with Gasteiger partial charge in [-0.1, -0.05) is 78.1 Å². The van der Waals surface area contributed by atoms with Crippen LogP contribution in [0, 0.1) is 3.57 Å². The molecule has 0 bridgehead atoms. The van der Waals surface area contributed by atoms with Gasteiger partial charge in [-0.25, -0.2) is 0 Å². The van der Waals surface area contributed by atoms with E-state index < -0.39 is 57.9 Å². The predicted octanol–water partition coefficient (Wildman–Crippen LogP) is 34.6. The average molecular weight is 2830 g/mol. The molecule has 0 saturated heterocycles. The van der Waals surface area contributed by atoms with Crippen LogP contribution in [0.3, 0.4) is 0 Å². The molecule has 0 fully saturated rings. The average Bonchev–Trinajstić information content (AvgIpc) is 1.67. The number of aldehydes is 2. The summed E-state index contributed by atoms with van der Waals surface area (Å²) in [4.78, 5) is 31.5. The summed E-state index contributed by atoms with van der Waals surface area (Å²) in [7, 11) is 20.4. The van der Waals surface area contributed by atoms with E-state index in [1.807, 2.05) is 116 Å². The van der Waals surface area contributed by atoms with Crippen LogP contribution in [0.5, 0.6) is 11.5 Å². The molecule has 0 aliphatic rings. The zero-order chi connectivity index (χ0) is 104. The number of alkyl halides is 1. The second-order valence-corrected chi connectivity index (χ2v) is 71.1. The molecule has 13 aromatic rings. The Kier molecular flexibility index (Phi) is 74.7. The summed E-state index contributed by atoms with van der Waals surface area (Å²) in [5.74, 6) is 3.98. The smallest absolute Gasteiger partial charge is 0.870 e. The number of phenols is 1. The molecular formula is C118H163Br3ClI3N5NaO9Sn3. The van der Waals surface area contributed by atoms with Gasteiger partial charge in [-0.15, -0.1) is 11.6 Å². The Morgan fingerprint density at radius 1 is 0.371 bits per heavy atom. The zero-order valence-electron chi connectivity index (χ0n) is 89.5. The quantitative estimate of drug-likeness (QED) is 0.0160. The Balaban J connectivity index is 0.000000561. The molecule has 10 aromatic carbocycles. The van der Waals surface area contributed by atoms with Gasteiger partial charge in [-0.2, -0.15) is 0 Å². The Labute approximate surface area is 968 Å². The van der Waals surface area contributed by atoms with Crippen LogP contribution in [0.25, 0.3) is 66.9 Å². The molecule has 2 radical (unpaired) electrons. The molecule has 143 heavy (non-hydrogen) atoms.